The molecular weight excluding hydrogens is 340 g/mol. The van der Waals surface area contributed by atoms with E-state index >= 15 is 0 Å². The highest BCUT2D eigenvalue weighted by Crippen LogP contribution is 2.25. The van der Waals surface area contributed by atoms with E-state index in [9.17, 15) is 4.79 Å². The van der Waals surface area contributed by atoms with Gasteiger partial charge < -0.3 is 5.32 Å². The molecule has 1 amide bonds. The molecule has 0 saturated heterocycles. The van der Waals surface area contributed by atoms with Gasteiger partial charge >= 0.3 is 0 Å². The van der Waals surface area contributed by atoms with Gasteiger partial charge in [-0.2, -0.15) is 0 Å². The van der Waals surface area contributed by atoms with Gasteiger partial charge in [0, 0.05) is 33.4 Å². The third-order valence-corrected chi connectivity index (χ3v) is 5.05. The summed E-state index contributed by atoms with van der Waals surface area (Å²) >= 11 is 1.79. The number of hydrogen-bond donors (Lipinski definition) is 1. The third-order valence-electron chi connectivity index (χ3n) is 4.03. The van der Waals surface area contributed by atoms with Crippen LogP contribution in [0.15, 0.2) is 81.5 Å². The molecule has 1 aromatic rings. The number of thioether (sulfide) groups is 1. The zero-order valence-corrected chi connectivity index (χ0v) is 16.3. The molecule has 1 N–H and O–H groups in total. The van der Waals surface area contributed by atoms with Crippen LogP contribution in [0.4, 0.5) is 0 Å². The lowest BCUT2D eigenvalue weighted by Crippen LogP contribution is -2.24. The van der Waals surface area contributed by atoms with E-state index in [1.165, 1.54) is 4.90 Å². The molecule has 3 rings (SSSR count). The zero-order chi connectivity index (χ0) is 18.5. The highest BCUT2D eigenvalue weighted by Gasteiger charge is 2.16. The number of carbonyl (C=O) groups excluding carboxylic acids is 1. The first-order valence-electron chi connectivity index (χ1n) is 8.93. The fourth-order valence-electron chi connectivity index (χ4n) is 2.83. The van der Waals surface area contributed by atoms with E-state index < -0.39 is 0 Å². The maximum Gasteiger partial charge on any atom is 0.255 e. The highest BCUT2D eigenvalue weighted by molar-refractivity contribution is 7.99. The monoisotopic (exact) mass is 364 g/mol. The Balaban J connectivity index is 1.81. The Morgan fingerprint density at radius 1 is 1.15 bits per heavy atom. The minimum atomic E-state index is -0.104. The van der Waals surface area contributed by atoms with Gasteiger partial charge in [-0.3, -0.25) is 9.79 Å². The summed E-state index contributed by atoms with van der Waals surface area (Å²) in [5.74, 6) is -0.104. The molecule has 26 heavy (non-hydrogen) atoms. The Labute approximate surface area is 159 Å². The molecule has 1 heterocycles. The van der Waals surface area contributed by atoms with Gasteiger partial charge in [0.25, 0.3) is 5.91 Å². The lowest BCUT2D eigenvalue weighted by atomic mass is 10.1. The fraction of sp³-hybridized carbons (Fsp3) is 0.273. The second-order valence-corrected chi connectivity index (χ2v) is 8.31. The average molecular weight is 365 g/mol. The van der Waals surface area contributed by atoms with Crippen molar-refractivity contribution < 1.29 is 4.79 Å². The van der Waals surface area contributed by atoms with Crippen LogP contribution in [0.25, 0.3) is 0 Å². The first kappa shape index (κ1) is 18.5. The first-order chi connectivity index (χ1) is 12.5. The Morgan fingerprint density at radius 2 is 1.88 bits per heavy atom. The maximum absolute atomic E-state index is 12.7. The van der Waals surface area contributed by atoms with E-state index in [2.05, 4.69) is 43.5 Å². The normalized spacial score (nSPS) is 16.6. The van der Waals surface area contributed by atoms with Crippen molar-refractivity contribution in [3.05, 3.63) is 77.2 Å². The predicted octanol–water partition coefficient (Wildman–Crippen LogP) is 5.44. The Morgan fingerprint density at radius 3 is 2.62 bits per heavy atom. The highest BCUT2D eigenvalue weighted by atomic mass is 32.2. The van der Waals surface area contributed by atoms with Gasteiger partial charge in [-0.25, -0.2) is 0 Å². The number of aliphatic imine (C=N–C) groups is 1. The number of hydrogen-bond acceptors (Lipinski definition) is 3. The van der Waals surface area contributed by atoms with Crippen LogP contribution in [0.3, 0.4) is 0 Å². The summed E-state index contributed by atoms with van der Waals surface area (Å²) in [6.45, 7) is 6.33. The third kappa shape index (κ3) is 4.64. The summed E-state index contributed by atoms with van der Waals surface area (Å²) in [7, 11) is 0. The van der Waals surface area contributed by atoms with E-state index in [-0.39, 0.29) is 5.91 Å². The number of rotatable bonds is 4. The lowest BCUT2D eigenvalue weighted by Gasteiger charge is -2.12. The predicted molar refractivity (Wildman–Crippen MR) is 111 cm³/mol. The van der Waals surface area contributed by atoms with Gasteiger partial charge in [0.1, 0.15) is 0 Å². The molecule has 0 atom stereocenters. The van der Waals surface area contributed by atoms with Crippen LogP contribution in [-0.2, 0) is 0 Å². The lowest BCUT2D eigenvalue weighted by molar-refractivity contribution is 0.0966. The molecule has 4 heteroatoms. The quantitative estimate of drug-likeness (QED) is 0.723. The average Bonchev–Trinajstić information content (AvgIpc) is 2.89. The van der Waals surface area contributed by atoms with Crippen molar-refractivity contribution in [3.63, 3.8) is 0 Å². The summed E-state index contributed by atoms with van der Waals surface area (Å²) in [6.07, 6.45) is 12.0. The largest absolute Gasteiger partial charge is 0.320 e. The summed E-state index contributed by atoms with van der Waals surface area (Å²) in [5, 5.41) is 3.58. The van der Waals surface area contributed by atoms with Crippen LogP contribution in [-0.4, -0.2) is 16.9 Å². The Hall–Kier alpha value is -2.33. The van der Waals surface area contributed by atoms with E-state index in [1.807, 2.05) is 37.3 Å². The molecule has 0 bridgehead atoms. The van der Waals surface area contributed by atoms with E-state index in [4.69, 9.17) is 4.99 Å². The van der Waals surface area contributed by atoms with Gasteiger partial charge in [0.15, 0.2) is 0 Å². The molecule has 0 fully saturated rings. The molecule has 0 spiro atoms. The van der Waals surface area contributed by atoms with Gasteiger partial charge in [0.2, 0.25) is 0 Å². The molecule has 0 saturated carbocycles. The van der Waals surface area contributed by atoms with Gasteiger partial charge in [0.05, 0.1) is 11.4 Å². The summed E-state index contributed by atoms with van der Waals surface area (Å²) in [5.41, 5.74) is 4.35. The number of nitrogens with one attached hydrogen (secondary N) is 1. The maximum atomic E-state index is 12.7. The first-order valence-corrected chi connectivity index (χ1v) is 9.81. The van der Waals surface area contributed by atoms with Crippen molar-refractivity contribution in [1.29, 1.82) is 0 Å². The van der Waals surface area contributed by atoms with Gasteiger partial charge in [-0.1, -0.05) is 44.2 Å². The molecular formula is C22H24N2OS. The minimum absolute atomic E-state index is 0.104. The molecule has 1 aliphatic carbocycles. The van der Waals surface area contributed by atoms with Crippen molar-refractivity contribution in [2.24, 2.45) is 4.99 Å². The van der Waals surface area contributed by atoms with Crippen molar-refractivity contribution in [2.45, 2.75) is 43.8 Å². The molecule has 1 aromatic carbocycles. The zero-order valence-electron chi connectivity index (χ0n) is 15.5. The number of amides is 1. The van der Waals surface area contributed by atoms with Crippen LogP contribution in [0.2, 0.25) is 0 Å². The SMILES string of the molecule is CC1=NC2=C(C=CCC=C2NC(=O)c2ccc(SC(C)C)cc2)C=CC1. The number of benzene rings is 1. The van der Waals surface area contributed by atoms with Gasteiger partial charge in [-0.05, 0) is 37.6 Å². The van der Waals surface area contributed by atoms with E-state index in [1.54, 1.807) is 11.8 Å². The molecule has 1 aliphatic heterocycles. The van der Waals surface area contributed by atoms with E-state index in [0.717, 1.165) is 35.5 Å². The molecule has 2 aliphatic rings. The van der Waals surface area contributed by atoms with Crippen LogP contribution >= 0.6 is 11.8 Å². The smallest absolute Gasteiger partial charge is 0.255 e. The molecule has 0 aromatic heterocycles. The summed E-state index contributed by atoms with van der Waals surface area (Å²) in [4.78, 5) is 18.6. The van der Waals surface area contributed by atoms with Crippen LogP contribution in [0.1, 0.15) is 44.0 Å². The van der Waals surface area contributed by atoms with Crippen molar-refractivity contribution in [1.82, 2.24) is 5.32 Å². The van der Waals surface area contributed by atoms with Crippen molar-refractivity contribution in [2.75, 3.05) is 0 Å². The molecule has 134 valence electrons. The summed E-state index contributed by atoms with van der Waals surface area (Å²) in [6, 6.07) is 7.77. The molecule has 0 unspecified atom stereocenters. The van der Waals surface area contributed by atoms with Crippen LogP contribution < -0.4 is 5.32 Å². The molecule has 0 radical (unpaired) electrons. The van der Waals surface area contributed by atoms with Crippen LogP contribution in [0.5, 0.6) is 0 Å². The van der Waals surface area contributed by atoms with Crippen molar-refractivity contribution >= 4 is 23.4 Å². The number of allylic oxidation sites excluding steroid dienone is 6. The molecule has 3 nitrogen and oxygen atoms in total. The van der Waals surface area contributed by atoms with Gasteiger partial charge in [-0.15, -0.1) is 11.8 Å². The fourth-order valence-corrected chi connectivity index (χ4v) is 3.66. The second-order valence-electron chi connectivity index (χ2n) is 6.66. The Kier molecular flexibility index (Phi) is 5.94. The minimum Gasteiger partial charge on any atom is -0.320 e. The topological polar surface area (TPSA) is 41.5 Å². The second kappa shape index (κ2) is 8.37. The number of nitrogens with zero attached hydrogens (tertiary/aromatic N) is 1. The standard InChI is InChI=1S/C22H24N2OS/c1-15(2)26-19-13-11-18(12-14-19)22(25)24-20-10-5-4-8-17-9-6-7-16(3)23-21(17)20/h4,6,8-15H,5,7H2,1-3H3,(H,24,25). The summed E-state index contributed by atoms with van der Waals surface area (Å²) < 4.78 is 0. The van der Waals surface area contributed by atoms with E-state index in [0.29, 0.717) is 10.8 Å². The number of carbonyl (C=O) groups is 1. The van der Waals surface area contributed by atoms with Crippen molar-refractivity contribution in [3.8, 4) is 0 Å². The Bertz CT molecular complexity index is 839. The van der Waals surface area contributed by atoms with Crippen LogP contribution in [0, 0.1) is 0 Å².